The molecule has 96 valence electrons. The molecule has 0 bridgehead atoms. The second kappa shape index (κ2) is 4.79. The van der Waals surface area contributed by atoms with Crippen LogP contribution in [0.4, 0.5) is 0 Å². The van der Waals surface area contributed by atoms with Crippen molar-refractivity contribution in [2.24, 2.45) is 0 Å². The number of hydrogen-bond acceptors (Lipinski definition) is 2. The highest BCUT2D eigenvalue weighted by Crippen LogP contribution is 2.25. The van der Waals surface area contributed by atoms with Crippen LogP contribution in [0.5, 0.6) is 0 Å². The molecule has 0 fully saturated rings. The van der Waals surface area contributed by atoms with E-state index in [1.165, 1.54) is 0 Å². The van der Waals surface area contributed by atoms with E-state index in [1.54, 1.807) is 12.4 Å². The average Bonchev–Trinajstić information content (AvgIpc) is 2.74. The number of imidazole rings is 1. The van der Waals surface area contributed by atoms with Gasteiger partial charge in [0.15, 0.2) is 4.77 Å². The van der Waals surface area contributed by atoms with E-state index in [0.29, 0.717) is 4.77 Å². The smallest absolute Gasteiger partial charge is 0.178 e. The first-order valence-corrected chi connectivity index (χ1v) is 6.75. The van der Waals surface area contributed by atoms with Crippen molar-refractivity contribution in [2.45, 2.75) is 13.0 Å². The summed E-state index contributed by atoms with van der Waals surface area (Å²) in [7, 11) is 0. The lowest BCUT2D eigenvalue weighted by Gasteiger charge is -2.15. The van der Waals surface area contributed by atoms with Crippen LogP contribution in [0.3, 0.4) is 0 Å². The zero-order chi connectivity index (χ0) is 13.4. The Bertz CT molecular complexity index is 790. The van der Waals surface area contributed by atoms with Gasteiger partial charge in [0.05, 0.1) is 23.3 Å². The van der Waals surface area contributed by atoms with Crippen LogP contribution in [-0.4, -0.2) is 14.5 Å². The van der Waals surface area contributed by atoms with Crippen molar-refractivity contribution < 1.29 is 0 Å². The van der Waals surface area contributed by atoms with E-state index in [1.807, 2.05) is 24.3 Å². The molecule has 2 aromatic heterocycles. The molecule has 0 aliphatic heterocycles. The number of halogens is 1. The highest BCUT2D eigenvalue weighted by Gasteiger charge is 2.13. The molecule has 0 aliphatic rings. The zero-order valence-electron chi connectivity index (χ0n) is 10.3. The van der Waals surface area contributed by atoms with Crippen LogP contribution in [0.1, 0.15) is 18.5 Å². The Morgan fingerprint density at radius 3 is 3.00 bits per heavy atom. The van der Waals surface area contributed by atoms with Gasteiger partial charge in [-0.3, -0.25) is 4.98 Å². The molecule has 2 heterocycles. The molecule has 0 saturated heterocycles. The van der Waals surface area contributed by atoms with Gasteiger partial charge in [-0.2, -0.15) is 0 Å². The minimum Gasteiger partial charge on any atom is -0.329 e. The summed E-state index contributed by atoms with van der Waals surface area (Å²) in [5, 5.41) is 0.734. The molecule has 3 nitrogen and oxygen atoms in total. The van der Waals surface area contributed by atoms with Crippen molar-refractivity contribution in [3.8, 4) is 0 Å². The topological polar surface area (TPSA) is 33.6 Å². The second-order valence-electron chi connectivity index (χ2n) is 4.42. The maximum Gasteiger partial charge on any atom is 0.178 e. The van der Waals surface area contributed by atoms with Crippen LogP contribution in [0, 0.1) is 4.77 Å². The molecule has 3 rings (SSSR count). The molecule has 1 unspecified atom stereocenters. The molecule has 1 atom stereocenters. The number of nitrogens with zero attached hydrogens (tertiary/aromatic N) is 2. The first-order chi connectivity index (χ1) is 9.16. The normalized spacial score (nSPS) is 12.7. The predicted octanol–water partition coefficient (Wildman–Crippen LogP) is 4.36. The van der Waals surface area contributed by atoms with Crippen molar-refractivity contribution in [3.63, 3.8) is 0 Å². The highest BCUT2D eigenvalue weighted by molar-refractivity contribution is 7.71. The number of rotatable bonds is 2. The van der Waals surface area contributed by atoms with Crippen LogP contribution in [0.25, 0.3) is 11.0 Å². The summed E-state index contributed by atoms with van der Waals surface area (Å²) in [5.41, 5.74) is 3.12. The standard InChI is InChI=1S/C14H12ClN3S/c1-9(10-3-2-4-11(15)7-10)18-13-5-6-16-8-12(13)17-14(18)19/h2-9H,1H3,(H,17,19). The summed E-state index contributed by atoms with van der Waals surface area (Å²) in [5.74, 6) is 0. The molecular formula is C14H12ClN3S. The molecule has 5 heteroatoms. The summed E-state index contributed by atoms with van der Waals surface area (Å²) in [6.07, 6.45) is 3.55. The maximum atomic E-state index is 6.06. The van der Waals surface area contributed by atoms with Crippen LogP contribution in [-0.2, 0) is 0 Å². The van der Waals surface area contributed by atoms with Gasteiger partial charge in [-0.1, -0.05) is 23.7 Å². The van der Waals surface area contributed by atoms with E-state index in [-0.39, 0.29) is 6.04 Å². The monoisotopic (exact) mass is 289 g/mol. The number of aromatic nitrogens is 3. The number of fused-ring (bicyclic) bond motifs is 1. The van der Waals surface area contributed by atoms with E-state index in [0.717, 1.165) is 21.6 Å². The lowest BCUT2D eigenvalue weighted by atomic mass is 10.1. The van der Waals surface area contributed by atoms with Gasteiger partial charge in [0.25, 0.3) is 0 Å². The van der Waals surface area contributed by atoms with Crippen molar-refractivity contribution in [3.05, 3.63) is 58.1 Å². The Morgan fingerprint density at radius 2 is 2.21 bits per heavy atom. The van der Waals surface area contributed by atoms with Crippen molar-refractivity contribution >= 4 is 34.9 Å². The van der Waals surface area contributed by atoms with Gasteiger partial charge in [0.2, 0.25) is 0 Å². The lowest BCUT2D eigenvalue weighted by Crippen LogP contribution is -2.06. The first kappa shape index (κ1) is 12.4. The van der Waals surface area contributed by atoms with Crippen LogP contribution in [0.2, 0.25) is 5.02 Å². The molecule has 19 heavy (non-hydrogen) atoms. The fourth-order valence-corrected chi connectivity index (χ4v) is 2.84. The van der Waals surface area contributed by atoms with Gasteiger partial charge in [-0.15, -0.1) is 0 Å². The largest absolute Gasteiger partial charge is 0.329 e. The van der Waals surface area contributed by atoms with Crippen LogP contribution >= 0.6 is 23.8 Å². The summed E-state index contributed by atoms with van der Waals surface area (Å²) in [6, 6.07) is 9.92. The maximum absolute atomic E-state index is 6.06. The Labute approximate surface area is 120 Å². The molecule has 1 N–H and O–H groups in total. The second-order valence-corrected chi connectivity index (χ2v) is 5.25. The molecule has 0 radical (unpaired) electrons. The number of benzene rings is 1. The van der Waals surface area contributed by atoms with Crippen LogP contribution < -0.4 is 0 Å². The quantitative estimate of drug-likeness (QED) is 0.711. The number of aromatic amines is 1. The van der Waals surface area contributed by atoms with Gasteiger partial charge < -0.3 is 9.55 Å². The van der Waals surface area contributed by atoms with E-state index in [4.69, 9.17) is 23.8 Å². The number of pyridine rings is 1. The third-order valence-electron chi connectivity index (χ3n) is 3.24. The molecule has 1 aromatic carbocycles. The molecule has 0 amide bonds. The Balaban J connectivity index is 2.19. The number of H-pyrrole nitrogens is 1. The average molecular weight is 290 g/mol. The fraction of sp³-hybridized carbons (Fsp3) is 0.143. The Hall–Kier alpha value is -1.65. The minimum absolute atomic E-state index is 0.113. The van der Waals surface area contributed by atoms with E-state index in [2.05, 4.69) is 27.5 Å². The van der Waals surface area contributed by atoms with E-state index >= 15 is 0 Å². The molecule has 3 aromatic rings. The number of hydrogen-bond donors (Lipinski definition) is 1. The highest BCUT2D eigenvalue weighted by atomic mass is 35.5. The van der Waals surface area contributed by atoms with Gasteiger partial charge in [-0.25, -0.2) is 0 Å². The van der Waals surface area contributed by atoms with Crippen molar-refractivity contribution in [2.75, 3.05) is 0 Å². The van der Waals surface area contributed by atoms with Crippen molar-refractivity contribution in [1.29, 1.82) is 0 Å². The summed E-state index contributed by atoms with van der Waals surface area (Å²) in [4.78, 5) is 7.28. The van der Waals surface area contributed by atoms with E-state index < -0.39 is 0 Å². The van der Waals surface area contributed by atoms with Crippen molar-refractivity contribution in [1.82, 2.24) is 14.5 Å². The SMILES string of the molecule is CC(c1cccc(Cl)c1)n1c(=S)[nH]c2cnccc21. The molecule has 0 saturated carbocycles. The van der Waals surface area contributed by atoms with Gasteiger partial charge in [0, 0.05) is 11.2 Å². The summed E-state index contributed by atoms with van der Waals surface area (Å²) < 4.78 is 2.77. The predicted molar refractivity (Wildman–Crippen MR) is 80.2 cm³/mol. The van der Waals surface area contributed by atoms with Gasteiger partial charge >= 0.3 is 0 Å². The summed E-state index contributed by atoms with van der Waals surface area (Å²) in [6.45, 7) is 2.11. The Kier molecular flexibility index (Phi) is 3.12. The van der Waals surface area contributed by atoms with Gasteiger partial charge in [0.1, 0.15) is 0 Å². The Morgan fingerprint density at radius 1 is 1.37 bits per heavy atom. The fourth-order valence-electron chi connectivity index (χ4n) is 2.28. The minimum atomic E-state index is 0.113. The first-order valence-electron chi connectivity index (χ1n) is 5.96. The van der Waals surface area contributed by atoms with Crippen LogP contribution in [0.15, 0.2) is 42.7 Å². The molecular weight excluding hydrogens is 278 g/mol. The van der Waals surface area contributed by atoms with Gasteiger partial charge in [-0.05, 0) is 42.9 Å². The zero-order valence-corrected chi connectivity index (χ0v) is 11.9. The molecule has 0 aliphatic carbocycles. The number of nitrogens with one attached hydrogen (secondary N) is 1. The molecule has 0 spiro atoms. The third kappa shape index (κ3) is 2.17. The summed E-state index contributed by atoms with van der Waals surface area (Å²) >= 11 is 11.5. The lowest BCUT2D eigenvalue weighted by molar-refractivity contribution is 0.649. The third-order valence-corrected chi connectivity index (χ3v) is 3.77. The van der Waals surface area contributed by atoms with E-state index in [9.17, 15) is 0 Å².